The average molecular weight is 156 g/mol. The molecule has 0 saturated carbocycles. The number of carbonyl (C=O) groups is 1. The van der Waals surface area contributed by atoms with Gasteiger partial charge >= 0.3 is 24.8 Å². The SMILES string of the molecule is C=Cc1ccccc1C(=O)O.[LiH]. The molecule has 0 fully saturated rings. The Morgan fingerprint density at radius 2 is 2.00 bits per heavy atom. The molecule has 12 heavy (non-hydrogen) atoms. The standard InChI is InChI=1S/C9H8O2.Li.H/c1-2-7-5-3-4-6-8(7)9(10)11;;/h2-6H,1H2,(H,10,11);;. The minimum absolute atomic E-state index is 0. The Labute approximate surface area is 83.1 Å². The molecule has 1 aromatic rings. The van der Waals surface area contributed by atoms with E-state index in [1.54, 1.807) is 24.3 Å². The van der Waals surface area contributed by atoms with Crippen molar-refractivity contribution in [1.29, 1.82) is 0 Å². The van der Waals surface area contributed by atoms with Crippen molar-refractivity contribution in [3.8, 4) is 0 Å². The molecule has 0 heterocycles. The first-order valence-electron chi connectivity index (χ1n) is 3.20. The normalized spacial score (nSPS) is 8.33. The van der Waals surface area contributed by atoms with Gasteiger partial charge in [0.25, 0.3) is 0 Å². The van der Waals surface area contributed by atoms with Gasteiger partial charge in [-0.3, -0.25) is 0 Å². The van der Waals surface area contributed by atoms with Crippen LogP contribution in [0, 0.1) is 0 Å². The van der Waals surface area contributed by atoms with Gasteiger partial charge < -0.3 is 5.11 Å². The number of hydrogen-bond acceptors (Lipinski definition) is 1. The van der Waals surface area contributed by atoms with E-state index in [2.05, 4.69) is 6.58 Å². The zero-order valence-electron chi connectivity index (χ0n) is 5.95. The molecule has 2 nitrogen and oxygen atoms in total. The number of carboxylic acid groups (broad SMARTS) is 1. The van der Waals surface area contributed by atoms with Gasteiger partial charge in [0.15, 0.2) is 0 Å². The van der Waals surface area contributed by atoms with Crippen molar-refractivity contribution in [3.05, 3.63) is 42.0 Å². The molecule has 0 radical (unpaired) electrons. The molecule has 0 amide bonds. The van der Waals surface area contributed by atoms with Crippen molar-refractivity contribution < 1.29 is 9.90 Å². The van der Waals surface area contributed by atoms with Crippen molar-refractivity contribution in [1.82, 2.24) is 0 Å². The Morgan fingerprint density at radius 1 is 1.42 bits per heavy atom. The van der Waals surface area contributed by atoms with E-state index in [4.69, 9.17) is 5.11 Å². The molecular weight excluding hydrogens is 147 g/mol. The Bertz CT molecular complexity index is 294. The number of carboxylic acids is 1. The van der Waals surface area contributed by atoms with Crippen LogP contribution in [0.4, 0.5) is 0 Å². The van der Waals surface area contributed by atoms with E-state index in [9.17, 15) is 4.79 Å². The average Bonchev–Trinajstić information content (AvgIpc) is 2.04. The summed E-state index contributed by atoms with van der Waals surface area (Å²) in [6, 6.07) is 6.75. The summed E-state index contributed by atoms with van der Waals surface area (Å²) in [4.78, 5) is 10.5. The predicted octanol–water partition coefficient (Wildman–Crippen LogP) is 1.38. The maximum absolute atomic E-state index is 10.5. The van der Waals surface area contributed by atoms with Crippen LogP contribution in [0.2, 0.25) is 0 Å². The second-order valence-electron chi connectivity index (χ2n) is 2.10. The van der Waals surface area contributed by atoms with Crippen LogP contribution in [0.25, 0.3) is 6.08 Å². The van der Waals surface area contributed by atoms with E-state index in [1.807, 2.05) is 0 Å². The van der Waals surface area contributed by atoms with Gasteiger partial charge in [-0.15, -0.1) is 0 Å². The molecule has 0 aliphatic rings. The van der Waals surface area contributed by atoms with Crippen molar-refractivity contribution in [2.75, 3.05) is 0 Å². The van der Waals surface area contributed by atoms with Crippen molar-refractivity contribution in [3.63, 3.8) is 0 Å². The van der Waals surface area contributed by atoms with Gasteiger partial charge in [0, 0.05) is 0 Å². The molecule has 0 aliphatic heterocycles. The van der Waals surface area contributed by atoms with Crippen molar-refractivity contribution >= 4 is 30.9 Å². The van der Waals surface area contributed by atoms with Gasteiger partial charge in [-0.1, -0.05) is 30.9 Å². The van der Waals surface area contributed by atoms with Gasteiger partial charge in [-0.05, 0) is 11.6 Å². The fourth-order valence-corrected chi connectivity index (χ4v) is 0.870. The monoisotopic (exact) mass is 156 g/mol. The fourth-order valence-electron chi connectivity index (χ4n) is 0.870. The third-order valence-electron chi connectivity index (χ3n) is 1.41. The van der Waals surface area contributed by atoms with Crippen LogP contribution in [0.3, 0.4) is 0 Å². The molecule has 0 aromatic heterocycles. The van der Waals surface area contributed by atoms with Crippen LogP contribution < -0.4 is 0 Å². The van der Waals surface area contributed by atoms with Gasteiger partial charge in [0.05, 0.1) is 5.56 Å². The van der Waals surface area contributed by atoms with E-state index < -0.39 is 5.97 Å². The fraction of sp³-hybridized carbons (Fsp3) is 0. The molecule has 3 heteroatoms. The van der Waals surface area contributed by atoms with Crippen LogP contribution in [-0.4, -0.2) is 29.9 Å². The number of rotatable bonds is 2. The van der Waals surface area contributed by atoms with Gasteiger partial charge in [-0.25, -0.2) is 4.79 Å². The molecule has 1 N–H and O–H groups in total. The molecule has 0 saturated heterocycles. The van der Waals surface area contributed by atoms with Crippen LogP contribution in [0.1, 0.15) is 15.9 Å². The molecular formula is C9H9LiO2. The van der Waals surface area contributed by atoms with Crippen LogP contribution in [0.15, 0.2) is 30.8 Å². The zero-order valence-corrected chi connectivity index (χ0v) is 5.95. The summed E-state index contributed by atoms with van der Waals surface area (Å²) in [7, 11) is 0. The third kappa shape index (κ3) is 2.26. The molecule has 1 rings (SSSR count). The summed E-state index contributed by atoms with van der Waals surface area (Å²) < 4.78 is 0. The third-order valence-corrected chi connectivity index (χ3v) is 1.41. The topological polar surface area (TPSA) is 37.3 Å². The van der Waals surface area contributed by atoms with Gasteiger partial charge in [0.1, 0.15) is 0 Å². The maximum atomic E-state index is 10.5. The Kier molecular flexibility index (Phi) is 4.42. The van der Waals surface area contributed by atoms with E-state index in [0.29, 0.717) is 11.1 Å². The first-order valence-corrected chi connectivity index (χ1v) is 3.20. The van der Waals surface area contributed by atoms with E-state index >= 15 is 0 Å². The zero-order chi connectivity index (χ0) is 8.27. The number of hydrogen-bond donors (Lipinski definition) is 1. The second kappa shape index (κ2) is 4.82. The second-order valence-corrected chi connectivity index (χ2v) is 2.10. The Balaban J connectivity index is 0.00000121. The molecule has 0 atom stereocenters. The quantitative estimate of drug-likeness (QED) is 0.656. The van der Waals surface area contributed by atoms with Crippen LogP contribution in [0.5, 0.6) is 0 Å². The Hall–Kier alpha value is -0.973. The predicted molar refractivity (Wildman–Crippen MR) is 50.6 cm³/mol. The van der Waals surface area contributed by atoms with E-state index in [-0.39, 0.29) is 18.9 Å². The summed E-state index contributed by atoms with van der Waals surface area (Å²) in [5, 5.41) is 8.65. The van der Waals surface area contributed by atoms with Crippen LogP contribution >= 0.6 is 0 Å². The van der Waals surface area contributed by atoms with Crippen molar-refractivity contribution in [2.24, 2.45) is 0 Å². The first kappa shape index (κ1) is 11.0. The summed E-state index contributed by atoms with van der Waals surface area (Å²) in [5.41, 5.74) is 0.947. The first-order chi connectivity index (χ1) is 5.25. The number of aromatic carboxylic acids is 1. The number of benzene rings is 1. The Morgan fingerprint density at radius 3 is 2.42 bits per heavy atom. The molecule has 0 unspecified atom stereocenters. The van der Waals surface area contributed by atoms with Gasteiger partial charge in [0.2, 0.25) is 0 Å². The molecule has 0 bridgehead atoms. The molecule has 0 aliphatic carbocycles. The van der Waals surface area contributed by atoms with E-state index in [0.717, 1.165) is 0 Å². The molecule has 58 valence electrons. The summed E-state index contributed by atoms with van der Waals surface area (Å²) in [6.45, 7) is 3.51. The minimum atomic E-state index is -0.916. The van der Waals surface area contributed by atoms with Gasteiger partial charge in [-0.2, -0.15) is 0 Å². The molecule has 1 aromatic carbocycles. The summed E-state index contributed by atoms with van der Waals surface area (Å²) in [6.07, 6.45) is 1.53. The summed E-state index contributed by atoms with van der Waals surface area (Å²) >= 11 is 0. The van der Waals surface area contributed by atoms with Crippen molar-refractivity contribution in [2.45, 2.75) is 0 Å². The summed E-state index contributed by atoms with van der Waals surface area (Å²) in [5.74, 6) is -0.916. The van der Waals surface area contributed by atoms with E-state index in [1.165, 1.54) is 6.08 Å². The molecule has 0 spiro atoms. The van der Waals surface area contributed by atoms with Crippen LogP contribution in [-0.2, 0) is 0 Å².